The van der Waals surface area contributed by atoms with Crippen LogP contribution in [0.4, 0.5) is 11.4 Å². The maximum absolute atomic E-state index is 12.5. The van der Waals surface area contributed by atoms with Gasteiger partial charge in [-0.2, -0.15) is 0 Å². The van der Waals surface area contributed by atoms with Crippen LogP contribution in [0.2, 0.25) is 0 Å². The number of thioether (sulfide) groups is 1. The van der Waals surface area contributed by atoms with E-state index in [0.29, 0.717) is 17.4 Å². The van der Waals surface area contributed by atoms with Crippen LogP contribution in [0.5, 0.6) is 0 Å². The molecular weight excluding hydrogens is 470 g/mol. The van der Waals surface area contributed by atoms with E-state index < -0.39 is 4.92 Å². The van der Waals surface area contributed by atoms with Crippen LogP contribution in [0, 0.1) is 17.0 Å². The molecule has 1 N–H and O–H groups in total. The average molecular weight is 492 g/mol. The summed E-state index contributed by atoms with van der Waals surface area (Å²) in [5.41, 5.74) is 3.68. The molecule has 0 unspecified atom stereocenters. The monoisotopic (exact) mass is 491 g/mol. The quantitative estimate of drug-likeness (QED) is 0.137. The Labute approximate surface area is 204 Å². The van der Waals surface area contributed by atoms with Gasteiger partial charge in [-0.3, -0.25) is 19.5 Å². The largest absolute Gasteiger partial charge is 0.325 e. The van der Waals surface area contributed by atoms with Crippen molar-refractivity contribution in [2.45, 2.75) is 18.6 Å². The maximum Gasteiger partial charge on any atom is 0.269 e. The fourth-order valence-corrected chi connectivity index (χ4v) is 5.08. The predicted molar refractivity (Wildman–Crippen MR) is 136 cm³/mol. The molecule has 2 heterocycles. The summed E-state index contributed by atoms with van der Waals surface area (Å²) in [6.45, 7) is 6.44. The second kappa shape index (κ2) is 10.4. The van der Waals surface area contributed by atoms with Crippen molar-refractivity contribution in [3.63, 3.8) is 0 Å². The van der Waals surface area contributed by atoms with Gasteiger partial charge in [0.05, 0.1) is 10.7 Å². The Morgan fingerprint density at radius 3 is 2.62 bits per heavy atom. The van der Waals surface area contributed by atoms with Crippen LogP contribution < -0.4 is 5.32 Å². The fraction of sp³-hybridized carbons (Fsp3) is 0.125. The Morgan fingerprint density at radius 1 is 1.21 bits per heavy atom. The lowest BCUT2D eigenvalue weighted by Crippen LogP contribution is -2.14. The number of benzene rings is 2. The van der Waals surface area contributed by atoms with Crippen molar-refractivity contribution in [2.24, 2.45) is 0 Å². The lowest BCUT2D eigenvalue weighted by Gasteiger charge is -2.10. The normalized spacial score (nSPS) is 10.7. The van der Waals surface area contributed by atoms with Crippen molar-refractivity contribution >= 4 is 40.4 Å². The summed E-state index contributed by atoms with van der Waals surface area (Å²) < 4.78 is 1.95. The maximum atomic E-state index is 12.5. The zero-order chi connectivity index (χ0) is 24.1. The lowest BCUT2D eigenvalue weighted by atomic mass is 10.0. The first kappa shape index (κ1) is 23.4. The summed E-state index contributed by atoms with van der Waals surface area (Å²) >= 11 is 2.93. The average Bonchev–Trinajstić information content (AvgIpc) is 3.41. The van der Waals surface area contributed by atoms with E-state index in [0.717, 1.165) is 22.5 Å². The smallest absolute Gasteiger partial charge is 0.269 e. The number of anilines is 1. The Bertz CT molecular complexity index is 1330. The molecular formula is C24H21N5O3S2. The number of nitro groups is 1. The number of nitro benzene ring substituents is 1. The minimum Gasteiger partial charge on any atom is -0.325 e. The summed E-state index contributed by atoms with van der Waals surface area (Å²) in [7, 11) is 0. The third-order valence-electron chi connectivity index (χ3n) is 5.00. The highest BCUT2D eigenvalue weighted by Gasteiger charge is 2.20. The van der Waals surface area contributed by atoms with Gasteiger partial charge in [-0.15, -0.1) is 28.1 Å². The Kier molecular flexibility index (Phi) is 7.19. The molecule has 0 bridgehead atoms. The zero-order valence-electron chi connectivity index (χ0n) is 18.3. The number of amides is 1. The molecule has 0 fully saturated rings. The van der Waals surface area contributed by atoms with Gasteiger partial charge in [0.1, 0.15) is 0 Å². The molecule has 0 saturated carbocycles. The fourth-order valence-electron chi connectivity index (χ4n) is 3.46. The highest BCUT2D eigenvalue weighted by molar-refractivity contribution is 7.99. The second-order valence-electron chi connectivity index (χ2n) is 7.29. The molecule has 2 aromatic heterocycles. The van der Waals surface area contributed by atoms with Crippen LogP contribution in [-0.2, 0) is 11.3 Å². The number of non-ortho nitro benzene ring substituents is 1. The zero-order valence-corrected chi connectivity index (χ0v) is 19.9. The number of hydrogen-bond donors (Lipinski definition) is 1. The van der Waals surface area contributed by atoms with Gasteiger partial charge in [0.25, 0.3) is 5.69 Å². The first-order chi connectivity index (χ1) is 16.5. The van der Waals surface area contributed by atoms with E-state index in [1.807, 2.05) is 22.8 Å². The van der Waals surface area contributed by atoms with E-state index in [2.05, 4.69) is 46.5 Å². The predicted octanol–water partition coefficient (Wildman–Crippen LogP) is 5.81. The van der Waals surface area contributed by atoms with Crippen LogP contribution >= 0.6 is 23.1 Å². The van der Waals surface area contributed by atoms with E-state index in [-0.39, 0.29) is 17.3 Å². The molecule has 0 aliphatic heterocycles. The van der Waals surface area contributed by atoms with Crippen molar-refractivity contribution in [2.75, 3.05) is 11.1 Å². The molecule has 2 aromatic carbocycles. The van der Waals surface area contributed by atoms with Crippen molar-refractivity contribution in [3.8, 4) is 22.5 Å². The molecule has 0 saturated heterocycles. The Hall–Kier alpha value is -3.76. The minimum atomic E-state index is -0.482. The Balaban J connectivity index is 1.53. The summed E-state index contributed by atoms with van der Waals surface area (Å²) in [4.78, 5) is 23.9. The highest BCUT2D eigenvalue weighted by atomic mass is 32.2. The van der Waals surface area contributed by atoms with Crippen molar-refractivity contribution in [1.29, 1.82) is 0 Å². The first-order valence-corrected chi connectivity index (χ1v) is 12.2. The number of carbonyl (C=O) groups is 1. The van der Waals surface area contributed by atoms with Crippen molar-refractivity contribution in [1.82, 2.24) is 14.8 Å². The topological polar surface area (TPSA) is 103 Å². The van der Waals surface area contributed by atoms with Crippen LogP contribution in [0.3, 0.4) is 0 Å². The SMILES string of the molecule is C=CCn1c(SCC(=O)Nc2ccc([N+](=O)[O-])cc2)nnc1-c1csc(C)c1-c1ccccc1. The van der Waals surface area contributed by atoms with Crippen LogP contribution in [0.1, 0.15) is 4.88 Å². The van der Waals surface area contributed by atoms with Gasteiger partial charge in [0.2, 0.25) is 5.91 Å². The molecule has 0 radical (unpaired) electrons. The molecule has 8 nitrogen and oxygen atoms in total. The van der Waals surface area contributed by atoms with Gasteiger partial charge in [-0.05, 0) is 24.6 Å². The summed E-state index contributed by atoms with van der Waals surface area (Å²) in [5.74, 6) is 0.590. The van der Waals surface area contributed by atoms with E-state index in [9.17, 15) is 14.9 Å². The first-order valence-electron chi connectivity index (χ1n) is 10.3. The van der Waals surface area contributed by atoms with E-state index in [1.165, 1.54) is 40.9 Å². The molecule has 172 valence electrons. The molecule has 34 heavy (non-hydrogen) atoms. The standard InChI is InChI=1S/C24H21N5O3S2/c1-3-13-28-23(20-14-33-16(2)22(20)17-7-5-4-6-8-17)26-27-24(28)34-15-21(30)25-18-9-11-19(12-10-18)29(31)32/h3-12,14H,1,13,15H2,2H3,(H,25,30). The van der Waals surface area contributed by atoms with Gasteiger partial charge in [0.15, 0.2) is 11.0 Å². The number of thiophene rings is 1. The number of aryl methyl sites for hydroxylation is 1. The number of aromatic nitrogens is 3. The molecule has 0 spiro atoms. The Morgan fingerprint density at radius 2 is 1.94 bits per heavy atom. The van der Waals surface area contributed by atoms with E-state index in [1.54, 1.807) is 17.4 Å². The molecule has 0 atom stereocenters. The lowest BCUT2D eigenvalue weighted by molar-refractivity contribution is -0.384. The molecule has 4 aromatic rings. The molecule has 1 amide bonds. The van der Waals surface area contributed by atoms with Crippen molar-refractivity contribution < 1.29 is 9.72 Å². The van der Waals surface area contributed by atoms with Gasteiger partial charge >= 0.3 is 0 Å². The highest BCUT2D eigenvalue weighted by Crippen LogP contribution is 2.39. The summed E-state index contributed by atoms with van der Waals surface area (Å²) in [5, 5.41) is 25.0. The second-order valence-corrected chi connectivity index (χ2v) is 9.32. The molecule has 0 aliphatic carbocycles. The van der Waals surface area contributed by atoms with Gasteiger partial charge in [-0.1, -0.05) is 48.2 Å². The van der Waals surface area contributed by atoms with Crippen LogP contribution in [-0.4, -0.2) is 31.3 Å². The van der Waals surface area contributed by atoms with Gasteiger partial charge in [0, 0.05) is 45.7 Å². The summed E-state index contributed by atoms with van der Waals surface area (Å²) in [6, 6.07) is 15.9. The number of carbonyl (C=O) groups excluding carboxylic acids is 1. The molecule has 4 rings (SSSR count). The van der Waals surface area contributed by atoms with E-state index >= 15 is 0 Å². The van der Waals surface area contributed by atoms with Crippen molar-refractivity contribution in [3.05, 3.63) is 87.6 Å². The van der Waals surface area contributed by atoms with Crippen LogP contribution in [0.25, 0.3) is 22.5 Å². The number of allylic oxidation sites excluding steroid dienone is 1. The minimum absolute atomic E-state index is 0.0315. The third kappa shape index (κ3) is 5.08. The summed E-state index contributed by atoms with van der Waals surface area (Å²) in [6.07, 6.45) is 1.77. The van der Waals surface area contributed by atoms with E-state index in [4.69, 9.17) is 0 Å². The third-order valence-corrected chi connectivity index (χ3v) is 6.88. The van der Waals surface area contributed by atoms with Gasteiger partial charge in [-0.25, -0.2) is 0 Å². The van der Waals surface area contributed by atoms with Gasteiger partial charge < -0.3 is 5.32 Å². The number of hydrogen-bond acceptors (Lipinski definition) is 7. The number of nitrogens with one attached hydrogen (secondary N) is 1. The molecule has 0 aliphatic rings. The van der Waals surface area contributed by atoms with Crippen LogP contribution in [0.15, 0.2) is 77.8 Å². The number of rotatable bonds is 9. The number of nitrogens with zero attached hydrogens (tertiary/aromatic N) is 4. The molecule has 10 heteroatoms.